The molecular formula is C19H27N5O. The molecule has 3 rings (SSSR count). The zero-order valence-corrected chi connectivity index (χ0v) is 15.1. The lowest BCUT2D eigenvalue weighted by Gasteiger charge is -2.34. The maximum Gasteiger partial charge on any atom is 0.236 e. The molecular weight excluding hydrogens is 314 g/mol. The average Bonchev–Trinajstić information content (AvgIpc) is 3.14. The number of carbonyl (C=O) groups is 1. The molecule has 1 aromatic heterocycles. The number of nitrogens with zero attached hydrogens (tertiary/aromatic N) is 5. The fourth-order valence-electron chi connectivity index (χ4n) is 3.51. The molecule has 1 saturated heterocycles. The van der Waals surface area contributed by atoms with Crippen LogP contribution in [0.5, 0.6) is 0 Å². The van der Waals surface area contributed by atoms with Crippen LogP contribution < -0.4 is 0 Å². The van der Waals surface area contributed by atoms with E-state index in [-0.39, 0.29) is 11.9 Å². The lowest BCUT2D eigenvalue weighted by molar-refractivity contribution is -0.133. The molecule has 1 aromatic carbocycles. The zero-order valence-electron chi connectivity index (χ0n) is 15.1. The van der Waals surface area contributed by atoms with E-state index in [0.29, 0.717) is 12.5 Å². The summed E-state index contributed by atoms with van der Waals surface area (Å²) in [6, 6.07) is 10.3. The molecule has 6 nitrogen and oxygen atoms in total. The molecule has 134 valence electrons. The monoisotopic (exact) mass is 341 g/mol. The first-order valence-corrected chi connectivity index (χ1v) is 8.99. The Hall–Kier alpha value is -2.21. The maximum atomic E-state index is 12.7. The fraction of sp³-hybridized carbons (Fsp3) is 0.526. The number of aromatic nitrogens is 3. The van der Waals surface area contributed by atoms with Crippen molar-refractivity contribution in [3.8, 4) is 0 Å². The molecule has 0 unspecified atom stereocenters. The van der Waals surface area contributed by atoms with E-state index in [9.17, 15) is 4.79 Å². The van der Waals surface area contributed by atoms with E-state index in [1.807, 2.05) is 34.8 Å². The van der Waals surface area contributed by atoms with Crippen LogP contribution >= 0.6 is 0 Å². The maximum absolute atomic E-state index is 12.7. The Bertz CT molecular complexity index is 658. The van der Waals surface area contributed by atoms with E-state index < -0.39 is 0 Å². The first-order valence-electron chi connectivity index (χ1n) is 8.99. The number of piperidine rings is 1. The molecule has 0 aliphatic carbocycles. The molecule has 0 spiro atoms. The number of hydrogen-bond acceptors (Lipinski definition) is 4. The molecule has 0 radical (unpaired) electrons. The second-order valence-electron chi connectivity index (χ2n) is 6.95. The Balaban J connectivity index is 1.53. The van der Waals surface area contributed by atoms with Gasteiger partial charge in [-0.3, -0.25) is 14.4 Å². The molecule has 2 heterocycles. The van der Waals surface area contributed by atoms with Crippen molar-refractivity contribution in [3.63, 3.8) is 0 Å². The van der Waals surface area contributed by atoms with Crippen molar-refractivity contribution in [1.82, 2.24) is 24.6 Å². The van der Waals surface area contributed by atoms with Crippen LogP contribution in [-0.2, 0) is 11.3 Å². The van der Waals surface area contributed by atoms with Crippen LogP contribution in [0.15, 0.2) is 43.0 Å². The van der Waals surface area contributed by atoms with Crippen molar-refractivity contribution < 1.29 is 4.79 Å². The smallest absolute Gasteiger partial charge is 0.236 e. The topological polar surface area (TPSA) is 54.3 Å². The van der Waals surface area contributed by atoms with Gasteiger partial charge < -0.3 is 4.90 Å². The van der Waals surface area contributed by atoms with Gasteiger partial charge in [0.1, 0.15) is 12.7 Å². The van der Waals surface area contributed by atoms with Crippen molar-refractivity contribution in [2.24, 2.45) is 5.92 Å². The quantitative estimate of drug-likeness (QED) is 0.808. The summed E-state index contributed by atoms with van der Waals surface area (Å²) in [7, 11) is 1.90. The van der Waals surface area contributed by atoms with Gasteiger partial charge in [0.25, 0.3) is 0 Å². The van der Waals surface area contributed by atoms with Crippen LogP contribution in [0, 0.1) is 5.92 Å². The molecule has 1 amide bonds. The van der Waals surface area contributed by atoms with Gasteiger partial charge in [-0.05, 0) is 37.8 Å². The summed E-state index contributed by atoms with van der Waals surface area (Å²) in [4.78, 5) is 20.8. The van der Waals surface area contributed by atoms with Crippen LogP contribution in [0.25, 0.3) is 0 Å². The molecule has 1 fully saturated rings. The SMILES string of the molecule is C[C@@H](c1ccccc1)N(C)C(=O)CN1CCC[C@H](Cn2cncn2)C1. The Morgan fingerprint density at radius 2 is 2.16 bits per heavy atom. The second kappa shape index (κ2) is 8.25. The molecule has 0 bridgehead atoms. The second-order valence-corrected chi connectivity index (χ2v) is 6.95. The Labute approximate surface area is 149 Å². The van der Waals surface area contributed by atoms with E-state index in [0.717, 1.165) is 26.1 Å². The summed E-state index contributed by atoms with van der Waals surface area (Å²) in [6.45, 7) is 5.38. The number of likely N-dealkylation sites (tertiary alicyclic amines) is 1. The largest absolute Gasteiger partial charge is 0.338 e. The first kappa shape index (κ1) is 17.6. The minimum atomic E-state index is 0.0874. The van der Waals surface area contributed by atoms with Crippen LogP contribution in [0.1, 0.15) is 31.4 Å². The normalized spacial score (nSPS) is 19.5. The Kier molecular flexibility index (Phi) is 5.81. The Morgan fingerprint density at radius 3 is 2.88 bits per heavy atom. The van der Waals surface area contributed by atoms with E-state index >= 15 is 0 Å². The summed E-state index contributed by atoms with van der Waals surface area (Å²) in [5, 5.41) is 4.19. The number of carbonyl (C=O) groups excluding carboxylic acids is 1. The zero-order chi connectivity index (χ0) is 17.6. The summed E-state index contributed by atoms with van der Waals surface area (Å²) >= 11 is 0. The van der Waals surface area contributed by atoms with E-state index in [1.165, 1.54) is 12.0 Å². The van der Waals surface area contributed by atoms with Crippen molar-refractivity contribution in [2.45, 2.75) is 32.4 Å². The standard InChI is InChI=1S/C19H27N5O/c1-16(18-8-4-3-5-9-18)22(2)19(25)13-23-10-6-7-17(11-23)12-24-15-20-14-21-24/h3-5,8-9,14-17H,6-7,10-13H2,1-2H3/t16-,17-/m0/s1. The van der Waals surface area contributed by atoms with E-state index in [4.69, 9.17) is 0 Å². The molecule has 2 aromatic rings. The van der Waals surface area contributed by atoms with Gasteiger partial charge in [-0.25, -0.2) is 4.98 Å². The van der Waals surface area contributed by atoms with Gasteiger partial charge in [0, 0.05) is 20.1 Å². The highest BCUT2D eigenvalue weighted by Crippen LogP contribution is 2.21. The summed E-state index contributed by atoms with van der Waals surface area (Å²) in [6.07, 6.45) is 5.65. The molecule has 1 aliphatic rings. The lowest BCUT2D eigenvalue weighted by atomic mass is 9.98. The van der Waals surface area contributed by atoms with Crippen molar-refractivity contribution in [3.05, 3.63) is 48.5 Å². The number of hydrogen-bond donors (Lipinski definition) is 0. The molecule has 25 heavy (non-hydrogen) atoms. The molecule has 6 heteroatoms. The average molecular weight is 341 g/mol. The molecule has 0 N–H and O–H groups in total. The minimum absolute atomic E-state index is 0.0874. The van der Waals surface area contributed by atoms with Gasteiger partial charge in [0.2, 0.25) is 5.91 Å². The third-order valence-corrected chi connectivity index (χ3v) is 5.13. The summed E-state index contributed by atoms with van der Waals surface area (Å²) in [5.41, 5.74) is 1.17. The van der Waals surface area contributed by atoms with Crippen molar-refractivity contribution >= 4 is 5.91 Å². The minimum Gasteiger partial charge on any atom is -0.338 e. The Morgan fingerprint density at radius 1 is 1.36 bits per heavy atom. The van der Waals surface area contributed by atoms with Crippen molar-refractivity contribution in [1.29, 1.82) is 0 Å². The van der Waals surface area contributed by atoms with Gasteiger partial charge in [0.15, 0.2) is 0 Å². The predicted molar refractivity (Wildman–Crippen MR) is 96.8 cm³/mol. The lowest BCUT2D eigenvalue weighted by Crippen LogP contribution is -2.44. The first-order chi connectivity index (χ1) is 12.1. The number of rotatable bonds is 6. The van der Waals surface area contributed by atoms with Crippen LogP contribution in [0.2, 0.25) is 0 Å². The molecule has 2 atom stereocenters. The predicted octanol–water partition coefficient (Wildman–Crippen LogP) is 2.21. The summed E-state index contributed by atoms with van der Waals surface area (Å²) in [5.74, 6) is 0.706. The highest BCUT2D eigenvalue weighted by Gasteiger charge is 2.25. The van der Waals surface area contributed by atoms with Gasteiger partial charge in [-0.1, -0.05) is 30.3 Å². The highest BCUT2D eigenvalue weighted by molar-refractivity contribution is 5.78. The molecule has 1 aliphatic heterocycles. The number of amides is 1. The van der Waals surface area contributed by atoms with E-state index in [1.54, 1.807) is 12.7 Å². The van der Waals surface area contributed by atoms with Gasteiger partial charge in [-0.15, -0.1) is 0 Å². The molecule has 0 saturated carbocycles. The van der Waals surface area contributed by atoms with Crippen molar-refractivity contribution in [2.75, 3.05) is 26.7 Å². The van der Waals surface area contributed by atoms with Gasteiger partial charge in [0.05, 0.1) is 12.6 Å². The fourth-order valence-corrected chi connectivity index (χ4v) is 3.51. The van der Waals surface area contributed by atoms with Crippen LogP contribution in [-0.4, -0.2) is 57.2 Å². The van der Waals surface area contributed by atoms with Gasteiger partial charge in [-0.2, -0.15) is 5.10 Å². The number of likely N-dealkylation sites (N-methyl/N-ethyl adjacent to an activating group) is 1. The highest BCUT2D eigenvalue weighted by atomic mass is 16.2. The van der Waals surface area contributed by atoms with Crippen LogP contribution in [0.3, 0.4) is 0 Å². The third-order valence-electron chi connectivity index (χ3n) is 5.13. The van der Waals surface area contributed by atoms with Gasteiger partial charge >= 0.3 is 0 Å². The van der Waals surface area contributed by atoms with Crippen LogP contribution in [0.4, 0.5) is 0 Å². The number of benzene rings is 1. The van der Waals surface area contributed by atoms with E-state index in [2.05, 4.69) is 34.0 Å². The summed E-state index contributed by atoms with van der Waals surface area (Å²) < 4.78 is 1.89. The third kappa shape index (κ3) is 4.66.